The number of ether oxygens (including phenoxy) is 3. The van der Waals surface area contributed by atoms with Crippen LogP contribution in [0.2, 0.25) is 0 Å². The fourth-order valence-corrected chi connectivity index (χ4v) is 3.46. The number of methoxy groups -OCH3 is 1. The molecule has 0 aromatic heterocycles. The Balaban J connectivity index is 1.94. The second-order valence-corrected chi connectivity index (χ2v) is 6.32. The SMILES string of the molecule is [C-]#[N+][C@H](C)C[C@H]1CC[C@@H]2O[C@@H](CCC(=O)OC)C[C@]2(CO)O1. The molecule has 0 unspecified atom stereocenters. The maximum Gasteiger partial charge on any atom is 0.305 e. The van der Waals surface area contributed by atoms with Crippen LogP contribution in [0.4, 0.5) is 0 Å². The first-order valence-electron chi connectivity index (χ1n) is 7.90. The third-order valence-corrected chi connectivity index (χ3v) is 4.66. The molecule has 2 aliphatic rings. The van der Waals surface area contributed by atoms with Crippen LogP contribution in [0.1, 0.15) is 45.4 Å². The Kier molecular flexibility index (Phi) is 5.79. The number of hydrogen-bond acceptors (Lipinski definition) is 5. The minimum Gasteiger partial charge on any atom is -0.469 e. The molecule has 0 saturated carbocycles. The van der Waals surface area contributed by atoms with Gasteiger partial charge in [0, 0.05) is 26.2 Å². The van der Waals surface area contributed by atoms with E-state index in [1.165, 1.54) is 7.11 Å². The number of aliphatic hydroxyl groups excluding tert-OH is 1. The van der Waals surface area contributed by atoms with Gasteiger partial charge in [-0.1, -0.05) is 0 Å². The summed E-state index contributed by atoms with van der Waals surface area (Å²) in [5, 5.41) is 9.85. The van der Waals surface area contributed by atoms with Gasteiger partial charge in [0.25, 0.3) is 0 Å². The van der Waals surface area contributed by atoms with Crippen molar-refractivity contribution in [3.63, 3.8) is 0 Å². The highest BCUT2D eigenvalue weighted by atomic mass is 16.6. The minimum atomic E-state index is -0.675. The van der Waals surface area contributed by atoms with Gasteiger partial charge in [0.05, 0.1) is 32.0 Å². The fraction of sp³-hybridized carbons (Fsp3) is 0.875. The van der Waals surface area contributed by atoms with Gasteiger partial charge in [-0.2, -0.15) is 0 Å². The van der Waals surface area contributed by atoms with Gasteiger partial charge in [0.15, 0.2) is 0 Å². The molecule has 6 nitrogen and oxygen atoms in total. The number of fused-ring (bicyclic) bond motifs is 1. The summed E-state index contributed by atoms with van der Waals surface area (Å²) >= 11 is 0. The smallest absolute Gasteiger partial charge is 0.305 e. The van der Waals surface area contributed by atoms with Crippen LogP contribution in [0, 0.1) is 6.57 Å². The van der Waals surface area contributed by atoms with Crippen molar-refractivity contribution in [2.75, 3.05) is 13.7 Å². The van der Waals surface area contributed by atoms with Gasteiger partial charge in [-0.15, -0.1) is 0 Å². The van der Waals surface area contributed by atoms with Crippen molar-refractivity contribution < 1.29 is 24.1 Å². The van der Waals surface area contributed by atoms with Crippen molar-refractivity contribution >= 4 is 5.97 Å². The lowest BCUT2D eigenvalue weighted by Gasteiger charge is -2.40. The lowest BCUT2D eigenvalue weighted by Crippen LogP contribution is -2.51. The number of carbonyl (C=O) groups is 1. The number of esters is 1. The topological polar surface area (TPSA) is 69.4 Å². The highest BCUT2D eigenvalue weighted by Crippen LogP contribution is 2.43. The van der Waals surface area contributed by atoms with Crippen LogP contribution in [-0.4, -0.2) is 54.7 Å². The summed E-state index contributed by atoms with van der Waals surface area (Å²) < 4.78 is 16.8. The average molecular weight is 311 g/mol. The summed E-state index contributed by atoms with van der Waals surface area (Å²) in [6, 6.07) is -0.0743. The zero-order valence-corrected chi connectivity index (χ0v) is 13.3. The van der Waals surface area contributed by atoms with E-state index in [2.05, 4.69) is 9.58 Å². The lowest BCUT2D eigenvalue weighted by molar-refractivity contribution is -0.184. The molecule has 0 aliphatic carbocycles. The molecule has 6 heteroatoms. The standard InChI is InChI=1S/C16H25NO5/c1-11(17-2)8-12-4-6-14-16(10-18,22-12)9-13(21-14)5-7-15(19)20-3/h11-14,18H,4-10H2,1,3H3/t11-,12-,13+,14+,16-/m1/s1. The summed E-state index contributed by atoms with van der Waals surface area (Å²) in [5.41, 5.74) is -0.675. The number of carbonyl (C=O) groups excluding carboxylic acids is 1. The molecule has 1 N–H and O–H groups in total. The summed E-state index contributed by atoms with van der Waals surface area (Å²) in [5.74, 6) is -0.249. The van der Waals surface area contributed by atoms with E-state index in [9.17, 15) is 9.90 Å². The molecule has 0 aromatic carbocycles. The van der Waals surface area contributed by atoms with Gasteiger partial charge >= 0.3 is 5.97 Å². The molecule has 2 heterocycles. The molecule has 2 saturated heterocycles. The van der Waals surface area contributed by atoms with Gasteiger partial charge in [-0.3, -0.25) is 4.79 Å². The predicted molar refractivity (Wildman–Crippen MR) is 79.1 cm³/mol. The highest BCUT2D eigenvalue weighted by molar-refractivity contribution is 5.69. The van der Waals surface area contributed by atoms with E-state index in [1.807, 2.05) is 6.92 Å². The second kappa shape index (κ2) is 7.40. The van der Waals surface area contributed by atoms with Crippen LogP contribution in [0.15, 0.2) is 0 Å². The Labute approximate surface area is 131 Å². The van der Waals surface area contributed by atoms with Crippen LogP contribution in [0.25, 0.3) is 4.85 Å². The molecular weight excluding hydrogens is 286 g/mol. The Bertz CT molecular complexity index is 435. The van der Waals surface area contributed by atoms with Gasteiger partial charge < -0.3 is 24.2 Å². The maximum absolute atomic E-state index is 11.3. The monoisotopic (exact) mass is 311 g/mol. The van der Waals surface area contributed by atoms with Crippen LogP contribution in [-0.2, 0) is 19.0 Å². The Morgan fingerprint density at radius 2 is 2.27 bits per heavy atom. The van der Waals surface area contributed by atoms with Crippen LogP contribution in [0.5, 0.6) is 0 Å². The Morgan fingerprint density at radius 3 is 2.91 bits per heavy atom. The van der Waals surface area contributed by atoms with Crippen LogP contribution >= 0.6 is 0 Å². The van der Waals surface area contributed by atoms with Gasteiger partial charge in [-0.05, 0) is 19.3 Å². The van der Waals surface area contributed by atoms with E-state index in [0.717, 1.165) is 12.8 Å². The highest BCUT2D eigenvalue weighted by Gasteiger charge is 2.52. The van der Waals surface area contributed by atoms with Gasteiger partial charge in [0.2, 0.25) is 6.04 Å². The third kappa shape index (κ3) is 3.78. The fourth-order valence-electron chi connectivity index (χ4n) is 3.46. The molecule has 2 fully saturated rings. The first kappa shape index (κ1) is 17.2. The van der Waals surface area contributed by atoms with Crippen molar-refractivity contribution in [3.8, 4) is 0 Å². The lowest BCUT2D eigenvalue weighted by atomic mass is 9.85. The van der Waals surface area contributed by atoms with Crippen molar-refractivity contribution in [1.29, 1.82) is 0 Å². The molecule has 2 rings (SSSR count). The van der Waals surface area contributed by atoms with Gasteiger partial charge in [0.1, 0.15) is 5.60 Å². The summed E-state index contributed by atoms with van der Waals surface area (Å²) in [7, 11) is 1.37. The summed E-state index contributed by atoms with van der Waals surface area (Å²) in [6.45, 7) is 8.86. The van der Waals surface area contributed by atoms with Crippen molar-refractivity contribution in [2.24, 2.45) is 0 Å². The summed E-state index contributed by atoms with van der Waals surface area (Å²) in [6.07, 6.45) is 3.62. The number of aliphatic hydroxyl groups is 1. The minimum absolute atomic E-state index is 0.00421. The third-order valence-electron chi connectivity index (χ3n) is 4.66. The maximum atomic E-state index is 11.3. The summed E-state index contributed by atoms with van der Waals surface area (Å²) in [4.78, 5) is 14.8. The van der Waals surface area contributed by atoms with Crippen LogP contribution < -0.4 is 0 Å². The van der Waals surface area contributed by atoms with E-state index in [0.29, 0.717) is 25.7 Å². The number of rotatable bonds is 6. The van der Waals surface area contributed by atoms with E-state index in [-0.39, 0.29) is 36.9 Å². The molecule has 124 valence electrons. The largest absolute Gasteiger partial charge is 0.469 e. The predicted octanol–water partition coefficient (Wildman–Crippen LogP) is 1.71. The van der Waals surface area contributed by atoms with Crippen molar-refractivity contribution in [1.82, 2.24) is 0 Å². The molecular formula is C16H25NO5. The zero-order chi connectivity index (χ0) is 16.2. The average Bonchev–Trinajstić information content (AvgIpc) is 2.90. The normalized spacial score (nSPS) is 35.5. The van der Waals surface area contributed by atoms with Crippen molar-refractivity contribution in [3.05, 3.63) is 11.4 Å². The van der Waals surface area contributed by atoms with E-state index >= 15 is 0 Å². The molecule has 0 bridgehead atoms. The zero-order valence-electron chi connectivity index (χ0n) is 13.3. The molecule has 0 spiro atoms. The van der Waals surface area contributed by atoms with Gasteiger partial charge in [-0.25, -0.2) is 6.57 Å². The molecule has 22 heavy (non-hydrogen) atoms. The van der Waals surface area contributed by atoms with E-state index < -0.39 is 5.60 Å². The number of nitrogens with zero attached hydrogens (tertiary/aromatic N) is 1. The first-order chi connectivity index (χ1) is 10.5. The quantitative estimate of drug-likeness (QED) is 0.597. The molecule has 0 aromatic rings. The molecule has 0 radical (unpaired) electrons. The Hall–Kier alpha value is -1.16. The van der Waals surface area contributed by atoms with E-state index in [1.54, 1.807) is 0 Å². The molecule has 5 atom stereocenters. The first-order valence-corrected chi connectivity index (χ1v) is 7.90. The van der Waals surface area contributed by atoms with Crippen LogP contribution in [0.3, 0.4) is 0 Å². The second-order valence-electron chi connectivity index (χ2n) is 6.32. The van der Waals surface area contributed by atoms with E-state index in [4.69, 9.17) is 16.0 Å². The molecule has 2 aliphatic heterocycles. The van der Waals surface area contributed by atoms with Crippen molar-refractivity contribution in [2.45, 2.75) is 75.4 Å². The molecule has 0 amide bonds. The number of hydrogen-bond donors (Lipinski definition) is 1. The Morgan fingerprint density at radius 1 is 1.50 bits per heavy atom.